The lowest BCUT2D eigenvalue weighted by Crippen LogP contribution is -2.68. The largest absolute Gasteiger partial charge is 0.534 e. The molecular formula is C30H37NO3Si. The minimum atomic E-state index is -2.76. The lowest BCUT2D eigenvalue weighted by Gasteiger charge is -2.43. The summed E-state index contributed by atoms with van der Waals surface area (Å²) in [6.07, 6.45) is 2.32. The topological polar surface area (TPSA) is 55.4 Å². The van der Waals surface area contributed by atoms with E-state index in [9.17, 15) is 9.59 Å². The summed E-state index contributed by atoms with van der Waals surface area (Å²) in [6, 6.07) is 27.0. The quantitative estimate of drug-likeness (QED) is 0.363. The predicted octanol–water partition coefficient (Wildman–Crippen LogP) is 5.89. The summed E-state index contributed by atoms with van der Waals surface area (Å²) in [4.78, 5) is 23.4. The highest BCUT2D eigenvalue weighted by molar-refractivity contribution is 7.00. The van der Waals surface area contributed by atoms with Crippen LogP contribution in [0.4, 0.5) is 5.69 Å². The van der Waals surface area contributed by atoms with Crippen LogP contribution in [0.15, 0.2) is 78.9 Å². The number of carbonyl (C=O) groups excluding carboxylic acids is 2. The first-order valence-corrected chi connectivity index (χ1v) is 14.3. The van der Waals surface area contributed by atoms with Crippen molar-refractivity contribution in [3.05, 3.63) is 84.4 Å². The van der Waals surface area contributed by atoms with E-state index in [2.05, 4.69) is 93.7 Å². The van der Waals surface area contributed by atoms with Crippen LogP contribution in [0.5, 0.6) is 5.75 Å². The fraction of sp³-hybridized carbons (Fsp3) is 0.333. The van der Waals surface area contributed by atoms with Gasteiger partial charge < -0.3 is 14.5 Å². The number of rotatable bonds is 10. The van der Waals surface area contributed by atoms with Crippen LogP contribution in [0.25, 0.3) is 0 Å². The second-order valence-electron chi connectivity index (χ2n) is 10.1. The van der Waals surface area contributed by atoms with E-state index in [1.807, 2.05) is 18.2 Å². The highest BCUT2D eigenvalue weighted by Gasteiger charge is 2.52. The average molecular weight is 488 g/mol. The molecule has 3 rings (SSSR count). The molecule has 3 aromatic carbocycles. The number of anilines is 1. The molecule has 1 amide bonds. The van der Waals surface area contributed by atoms with Crippen molar-refractivity contribution in [2.24, 2.45) is 0 Å². The maximum Gasteiger partial charge on any atom is 0.319 e. The molecular weight excluding hydrogens is 450 g/mol. The number of aryl methyl sites for hydroxylation is 1. The van der Waals surface area contributed by atoms with Crippen LogP contribution in [-0.4, -0.2) is 20.0 Å². The van der Waals surface area contributed by atoms with Gasteiger partial charge in [-0.15, -0.1) is 0 Å². The van der Waals surface area contributed by atoms with E-state index in [1.54, 1.807) is 6.92 Å². The first-order valence-electron chi connectivity index (χ1n) is 12.4. The molecule has 1 unspecified atom stereocenters. The average Bonchev–Trinajstić information content (AvgIpc) is 2.83. The third-order valence-electron chi connectivity index (χ3n) is 6.35. The van der Waals surface area contributed by atoms with Crippen molar-refractivity contribution in [1.29, 1.82) is 0 Å². The predicted molar refractivity (Wildman–Crippen MR) is 147 cm³/mol. The van der Waals surface area contributed by atoms with Gasteiger partial charge in [-0.25, -0.2) is 0 Å². The highest BCUT2D eigenvalue weighted by Crippen LogP contribution is 2.37. The fourth-order valence-electron chi connectivity index (χ4n) is 4.46. The molecule has 0 saturated heterocycles. The molecule has 0 fully saturated rings. The molecule has 0 aliphatic rings. The van der Waals surface area contributed by atoms with Crippen LogP contribution in [0, 0.1) is 0 Å². The van der Waals surface area contributed by atoms with E-state index < -0.39 is 8.32 Å². The maximum absolute atomic E-state index is 12.3. The van der Waals surface area contributed by atoms with Crippen molar-refractivity contribution in [3.8, 4) is 5.75 Å². The molecule has 0 aromatic heterocycles. The van der Waals surface area contributed by atoms with E-state index >= 15 is 0 Å². The van der Waals surface area contributed by atoms with Gasteiger partial charge in [-0.3, -0.25) is 4.79 Å². The Hall–Kier alpha value is -3.18. The molecule has 0 bridgehead atoms. The van der Waals surface area contributed by atoms with Crippen LogP contribution < -0.4 is 20.1 Å². The standard InChI is InChI=1S/C30H37NO3Si/c1-6-24-15-19-26(20-16-24)34-35(30(3,4)5,27-12-8-7-9-13-27)28-21-17-25(18-22-28)31-29(33)14-10-11-23(2)32/h7-9,12-13,15-22H,6,10-11,14H2,1-5H3,(H,31,33). The van der Waals surface area contributed by atoms with Crippen LogP contribution >= 0.6 is 0 Å². The molecule has 0 heterocycles. The Labute approximate surface area is 210 Å². The Bertz CT molecular complexity index is 1120. The van der Waals surface area contributed by atoms with Crippen LogP contribution in [-0.2, 0) is 16.0 Å². The Morgan fingerprint density at radius 3 is 1.97 bits per heavy atom. The molecule has 35 heavy (non-hydrogen) atoms. The normalized spacial score (nSPS) is 13.1. The molecule has 0 aliphatic carbocycles. The smallest absolute Gasteiger partial charge is 0.319 e. The molecule has 0 radical (unpaired) electrons. The van der Waals surface area contributed by atoms with Gasteiger partial charge in [0.2, 0.25) is 5.91 Å². The van der Waals surface area contributed by atoms with Crippen molar-refractivity contribution >= 4 is 36.1 Å². The van der Waals surface area contributed by atoms with Gasteiger partial charge in [-0.05, 0) is 65.0 Å². The van der Waals surface area contributed by atoms with E-state index in [-0.39, 0.29) is 16.7 Å². The molecule has 0 aliphatic heterocycles. The Morgan fingerprint density at radius 1 is 0.829 bits per heavy atom. The molecule has 1 N–H and O–H groups in total. The first-order chi connectivity index (χ1) is 16.7. The van der Waals surface area contributed by atoms with E-state index in [0.717, 1.165) is 23.0 Å². The number of carbonyl (C=O) groups is 2. The van der Waals surface area contributed by atoms with Gasteiger partial charge >= 0.3 is 8.32 Å². The number of Topliss-reactive ketones (excluding diaryl/α,β-unsaturated/α-hetero) is 1. The van der Waals surface area contributed by atoms with Gasteiger partial charge in [0, 0.05) is 18.5 Å². The van der Waals surface area contributed by atoms with Crippen molar-refractivity contribution in [3.63, 3.8) is 0 Å². The number of benzene rings is 3. The van der Waals surface area contributed by atoms with Crippen LogP contribution in [0.3, 0.4) is 0 Å². The summed E-state index contributed by atoms with van der Waals surface area (Å²) in [7, 11) is -2.76. The van der Waals surface area contributed by atoms with Gasteiger partial charge in [-0.1, -0.05) is 82.3 Å². The second-order valence-corrected chi connectivity index (χ2v) is 14.3. The summed E-state index contributed by atoms with van der Waals surface area (Å²) in [6.45, 7) is 10.4. The summed E-state index contributed by atoms with van der Waals surface area (Å²) in [5.41, 5.74) is 2.03. The van der Waals surface area contributed by atoms with Crippen molar-refractivity contribution < 1.29 is 14.0 Å². The number of amides is 1. The third-order valence-corrected chi connectivity index (χ3v) is 11.3. The SMILES string of the molecule is CCc1ccc(O[Si](c2ccccc2)(c2ccc(NC(=O)CCCC(C)=O)cc2)C(C)(C)C)cc1. The lowest BCUT2D eigenvalue weighted by molar-refractivity contribution is -0.117. The van der Waals surface area contributed by atoms with Crippen LogP contribution in [0.2, 0.25) is 5.04 Å². The van der Waals surface area contributed by atoms with E-state index in [4.69, 9.17) is 4.43 Å². The zero-order valence-electron chi connectivity index (χ0n) is 21.6. The van der Waals surface area contributed by atoms with Crippen molar-refractivity contribution in [1.82, 2.24) is 0 Å². The van der Waals surface area contributed by atoms with E-state index in [1.165, 1.54) is 10.8 Å². The number of nitrogens with one attached hydrogen (secondary N) is 1. The van der Waals surface area contributed by atoms with Gasteiger partial charge in [0.25, 0.3) is 0 Å². The summed E-state index contributed by atoms with van der Waals surface area (Å²) >= 11 is 0. The fourth-order valence-corrected chi connectivity index (χ4v) is 8.85. The molecule has 184 valence electrons. The molecule has 0 spiro atoms. The van der Waals surface area contributed by atoms with Gasteiger partial charge in [0.1, 0.15) is 11.5 Å². The van der Waals surface area contributed by atoms with E-state index in [0.29, 0.717) is 19.3 Å². The van der Waals surface area contributed by atoms with Crippen LogP contribution in [0.1, 0.15) is 59.4 Å². The third kappa shape index (κ3) is 6.49. The minimum absolute atomic E-state index is 0.0753. The number of hydrogen-bond donors (Lipinski definition) is 1. The van der Waals surface area contributed by atoms with Crippen molar-refractivity contribution in [2.75, 3.05) is 5.32 Å². The van der Waals surface area contributed by atoms with Crippen molar-refractivity contribution in [2.45, 2.75) is 65.3 Å². The summed E-state index contributed by atoms with van der Waals surface area (Å²) < 4.78 is 7.05. The molecule has 3 aromatic rings. The zero-order chi connectivity index (χ0) is 25.5. The minimum Gasteiger partial charge on any atom is -0.534 e. The summed E-state index contributed by atoms with van der Waals surface area (Å²) in [5, 5.41) is 5.15. The molecule has 1 atom stereocenters. The lowest BCUT2D eigenvalue weighted by atomic mass is 10.2. The summed E-state index contributed by atoms with van der Waals surface area (Å²) in [5.74, 6) is 0.903. The zero-order valence-corrected chi connectivity index (χ0v) is 22.6. The number of ketones is 1. The Balaban J connectivity index is 1.97. The maximum atomic E-state index is 12.3. The monoisotopic (exact) mass is 487 g/mol. The Kier molecular flexibility index (Phi) is 8.68. The highest BCUT2D eigenvalue weighted by atomic mass is 28.4. The molecule has 0 saturated carbocycles. The molecule has 4 nitrogen and oxygen atoms in total. The van der Waals surface area contributed by atoms with Gasteiger partial charge in [-0.2, -0.15) is 0 Å². The van der Waals surface area contributed by atoms with Gasteiger partial charge in [0.05, 0.1) is 0 Å². The Morgan fingerprint density at radius 2 is 1.43 bits per heavy atom. The molecule has 5 heteroatoms. The number of hydrogen-bond acceptors (Lipinski definition) is 3. The first kappa shape index (κ1) is 26.4. The second kappa shape index (κ2) is 11.5. The van der Waals surface area contributed by atoms with Gasteiger partial charge in [0.15, 0.2) is 0 Å².